The molecule has 0 amide bonds. The molecule has 3 heterocycles. The fraction of sp³-hybridized carbons (Fsp3) is 0.381. The molecule has 2 unspecified atom stereocenters. The molecule has 5 rings (SSSR count). The molecule has 0 saturated heterocycles. The van der Waals surface area contributed by atoms with E-state index in [1.807, 2.05) is 0 Å². The van der Waals surface area contributed by atoms with E-state index >= 15 is 0 Å². The first-order chi connectivity index (χ1) is 14.9. The first-order valence-corrected chi connectivity index (χ1v) is 10.5. The van der Waals surface area contributed by atoms with Crippen LogP contribution in [-0.2, 0) is 6.18 Å². The van der Waals surface area contributed by atoms with Crippen LogP contribution in [0, 0.1) is 23.2 Å². The molecule has 2 aromatic rings. The summed E-state index contributed by atoms with van der Waals surface area (Å²) < 4.78 is 44.8. The summed E-state index contributed by atoms with van der Waals surface area (Å²) in [5.41, 5.74) is 3.47. The second-order valence-corrected chi connectivity index (χ2v) is 8.77. The zero-order valence-corrected chi connectivity index (χ0v) is 21.3. The first kappa shape index (κ1) is 23.9. The molecule has 11 heteroatoms. The summed E-state index contributed by atoms with van der Waals surface area (Å²) in [5, 5.41) is 9.00. The second kappa shape index (κ2) is 9.16. The molecule has 3 aliphatic rings. The molecule has 6 nitrogen and oxygen atoms in total. The minimum Gasteiger partial charge on any atom is -0.494 e. The average Bonchev–Trinajstić information content (AvgIpc) is 3.64. The number of hydrazone groups is 1. The summed E-state index contributed by atoms with van der Waals surface area (Å²) >= 11 is 1.37. The molecule has 2 atom stereocenters. The van der Waals surface area contributed by atoms with Gasteiger partial charge in [-0.15, -0.1) is 0 Å². The van der Waals surface area contributed by atoms with Gasteiger partial charge in [-0.3, -0.25) is 4.98 Å². The average molecular weight is 484 g/mol. The van der Waals surface area contributed by atoms with Gasteiger partial charge in [0.25, 0.3) is 0 Å². The van der Waals surface area contributed by atoms with Crippen LogP contribution in [0.2, 0.25) is 0 Å². The van der Waals surface area contributed by atoms with E-state index in [1.165, 1.54) is 50.5 Å². The van der Waals surface area contributed by atoms with Crippen LogP contribution in [-0.4, -0.2) is 27.6 Å². The Hall–Kier alpha value is -1.29. The first-order valence-electron chi connectivity index (χ1n) is 9.66. The van der Waals surface area contributed by atoms with E-state index < -0.39 is 11.9 Å². The Morgan fingerprint density at radius 2 is 2.06 bits per heavy atom. The number of amidine groups is 1. The number of nitrogens with one attached hydrogen (secondary N) is 1. The Balaban J connectivity index is 0.00000245. The summed E-state index contributed by atoms with van der Waals surface area (Å²) in [7, 11) is 1.37. The molecule has 32 heavy (non-hydrogen) atoms. The number of thioether (sulfide) groups is 1. The molecule has 2 aliphatic carbocycles. The summed E-state index contributed by atoms with van der Waals surface area (Å²) in [6.45, 7) is 0. The van der Waals surface area contributed by atoms with Crippen molar-refractivity contribution in [3.8, 4) is 28.7 Å². The van der Waals surface area contributed by atoms with Crippen molar-refractivity contribution in [3.05, 3.63) is 41.7 Å². The summed E-state index contributed by atoms with van der Waals surface area (Å²) in [6.07, 6.45) is 3.21. The van der Waals surface area contributed by atoms with Gasteiger partial charge in [-0.25, -0.2) is 4.98 Å². The molecule has 1 spiro atoms. The second-order valence-electron chi connectivity index (χ2n) is 7.70. The van der Waals surface area contributed by atoms with E-state index in [0.717, 1.165) is 12.3 Å². The van der Waals surface area contributed by atoms with Gasteiger partial charge in [-0.05, 0) is 47.7 Å². The topological polar surface area (TPSA) is 73.5 Å². The third-order valence-corrected chi connectivity index (χ3v) is 6.51. The van der Waals surface area contributed by atoms with Gasteiger partial charge in [0.05, 0.1) is 13.3 Å². The van der Waals surface area contributed by atoms with Crippen molar-refractivity contribution in [2.45, 2.75) is 30.8 Å². The third-order valence-electron chi connectivity index (χ3n) is 5.65. The van der Waals surface area contributed by atoms with Crippen LogP contribution < -0.4 is 61.5 Å². The molecule has 2 aromatic heterocycles. The van der Waals surface area contributed by atoms with Crippen LogP contribution in [0.25, 0.3) is 16.4 Å². The largest absolute Gasteiger partial charge is 1.00 e. The number of nitrogens with zero attached hydrogens (tertiary/aromatic N) is 4. The van der Waals surface area contributed by atoms with Crippen LogP contribution in [0.5, 0.6) is 5.75 Å². The number of aromatic nitrogens is 2. The minimum atomic E-state index is -4.58. The molecule has 0 bridgehead atoms. The number of pyridine rings is 2. The van der Waals surface area contributed by atoms with E-state index in [2.05, 4.69) is 37.7 Å². The van der Waals surface area contributed by atoms with Gasteiger partial charge in [0.1, 0.15) is 16.8 Å². The van der Waals surface area contributed by atoms with Crippen LogP contribution in [0.4, 0.5) is 18.9 Å². The molecule has 2 fully saturated rings. The Morgan fingerprint density at radius 3 is 2.75 bits per heavy atom. The van der Waals surface area contributed by atoms with Gasteiger partial charge < -0.3 is 20.6 Å². The van der Waals surface area contributed by atoms with E-state index in [-0.39, 0.29) is 68.1 Å². The number of hydrogen-bond acceptors (Lipinski definition) is 6. The molecular formula is C21H17F3KN5OS. The fourth-order valence-electron chi connectivity index (χ4n) is 3.59. The zero-order valence-electron chi connectivity index (χ0n) is 17.4. The summed E-state index contributed by atoms with van der Waals surface area (Å²) in [4.78, 5) is 7.50. The van der Waals surface area contributed by atoms with E-state index in [9.17, 15) is 13.2 Å². The number of methoxy groups -OCH3 is 1. The van der Waals surface area contributed by atoms with Gasteiger partial charge in [0, 0.05) is 29.4 Å². The molecular weight excluding hydrogens is 466 g/mol. The molecule has 0 radical (unpaired) electrons. The molecule has 0 aromatic carbocycles. The quantitative estimate of drug-likeness (QED) is 0.534. The van der Waals surface area contributed by atoms with Gasteiger partial charge in [0.15, 0.2) is 0 Å². The normalized spacial score (nSPS) is 22.1. The van der Waals surface area contributed by atoms with Gasteiger partial charge in [-0.2, -0.15) is 13.2 Å². The van der Waals surface area contributed by atoms with Crippen LogP contribution in [0.1, 0.15) is 25.0 Å². The van der Waals surface area contributed by atoms with Crippen molar-refractivity contribution in [1.29, 1.82) is 0 Å². The van der Waals surface area contributed by atoms with Crippen molar-refractivity contribution < 1.29 is 69.3 Å². The predicted octanol–water partition coefficient (Wildman–Crippen LogP) is 1.92. The number of hydrogen-bond donors (Lipinski definition) is 1. The van der Waals surface area contributed by atoms with Gasteiger partial charge >= 0.3 is 57.6 Å². The van der Waals surface area contributed by atoms with Crippen molar-refractivity contribution in [2.24, 2.45) is 16.4 Å². The molecule has 2 saturated carbocycles. The predicted molar refractivity (Wildman–Crippen MR) is 112 cm³/mol. The van der Waals surface area contributed by atoms with Crippen LogP contribution in [0.3, 0.4) is 0 Å². The number of halogens is 3. The van der Waals surface area contributed by atoms with Crippen LogP contribution in [0.15, 0.2) is 35.8 Å². The van der Waals surface area contributed by atoms with Gasteiger partial charge in [-0.1, -0.05) is 23.6 Å². The standard InChI is InChI=1S/C21H17F3N5OS.K/c1-30-16-11-26-17(21(22,23)24)8-13(16)14-10-25-7-4-15(14)27-19-29-28-18(31-19)3-2-12-9-20(12)5-6-20;/h4,7-8,10-12,18,28H,5-6,9H2,1H3;/q-1;+1. The minimum absolute atomic E-state index is 0. The zero-order chi connectivity index (χ0) is 21.6. The maximum absolute atomic E-state index is 13.2. The molecule has 1 N–H and O–H groups in total. The Kier molecular flexibility index (Phi) is 6.82. The Bertz CT molecular complexity index is 1130. The number of alkyl halides is 3. The van der Waals surface area contributed by atoms with Crippen molar-refractivity contribution in [1.82, 2.24) is 15.4 Å². The summed E-state index contributed by atoms with van der Waals surface area (Å²) in [5.74, 6) is 7.22. The number of rotatable bonds is 3. The maximum atomic E-state index is 13.2. The fourth-order valence-corrected chi connectivity index (χ4v) is 4.29. The third kappa shape index (κ3) is 4.95. The Labute approximate surface area is 230 Å². The maximum Gasteiger partial charge on any atom is 1.00 e. The van der Waals surface area contributed by atoms with E-state index in [1.54, 1.807) is 6.07 Å². The van der Waals surface area contributed by atoms with Gasteiger partial charge in [0.2, 0.25) is 0 Å². The van der Waals surface area contributed by atoms with Crippen molar-refractivity contribution >= 4 is 22.6 Å². The molecule has 160 valence electrons. The smallest absolute Gasteiger partial charge is 0.494 e. The van der Waals surface area contributed by atoms with Crippen molar-refractivity contribution in [2.75, 3.05) is 7.11 Å². The monoisotopic (exact) mass is 483 g/mol. The SMILES string of the molecule is COc1cnc(C(F)(F)F)cc1-c1cnccc1[N-]C1=NNC(C#CC2CC23CC3)S1.[K+]. The molecule has 1 aliphatic heterocycles. The Morgan fingerprint density at radius 1 is 1.25 bits per heavy atom. The van der Waals surface area contributed by atoms with E-state index in [0.29, 0.717) is 27.8 Å². The van der Waals surface area contributed by atoms with Crippen LogP contribution >= 0.6 is 11.8 Å². The summed E-state index contributed by atoms with van der Waals surface area (Å²) in [6, 6.07) is 2.56. The number of ether oxygens (including phenoxy) is 1. The van der Waals surface area contributed by atoms with Crippen molar-refractivity contribution in [3.63, 3.8) is 0 Å². The van der Waals surface area contributed by atoms with E-state index in [4.69, 9.17) is 4.74 Å².